The number of ether oxygens (including phenoxy) is 1. The topological polar surface area (TPSA) is 46.5 Å². The van der Waals surface area contributed by atoms with Crippen molar-refractivity contribution in [1.29, 1.82) is 0 Å². The van der Waals surface area contributed by atoms with Crippen molar-refractivity contribution in [2.45, 2.75) is 13.5 Å². The van der Waals surface area contributed by atoms with Crippen LogP contribution in [-0.4, -0.2) is 17.7 Å². The Morgan fingerprint density at radius 2 is 2.29 bits per heavy atom. The number of aliphatic hydroxyl groups excluding tert-OH is 1. The summed E-state index contributed by atoms with van der Waals surface area (Å²) in [6.45, 7) is 1.95. The van der Waals surface area contributed by atoms with E-state index < -0.39 is 5.97 Å². The monoisotopic (exact) mass is 214 g/mol. The molecule has 0 unspecified atom stereocenters. The van der Waals surface area contributed by atoms with Crippen molar-refractivity contribution in [3.05, 3.63) is 34.3 Å². The molecule has 0 aliphatic heterocycles. The molecule has 0 bridgehead atoms. The highest BCUT2D eigenvalue weighted by molar-refractivity contribution is 6.33. The molecular formula is C10H11ClO3. The van der Waals surface area contributed by atoms with Crippen LogP contribution >= 0.6 is 11.6 Å². The Balaban J connectivity index is 2.94. The molecular weight excluding hydrogens is 204 g/mol. The van der Waals surface area contributed by atoms with Crippen LogP contribution in [0.25, 0.3) is 0 Å². The van der Waals surface area contributed by atoms with Crippen molar-refractivity contribution in [3.8, 4) is 0 Å². The molecule has 0 saturated heterocycles. The summed E-state index contributed by atoms with van der Waals surface area (Å²) >= 11 is 5.83. The van der Waals surface area contributed by atoms with Gasteiger partial charge < -0.3 is 9.84 Å². The summed E-state index contributed by atoms with van der Waals surface area (Å²) in [7, 11) is 0. The first-order valence-electron chi connectivity index (χ1n) is 4.25. The number of hydrogen-bond acceptors (Lipinski definition) is 3. The van der Waals surface area contributed by atoms with E-state index in [1.54, 1.807) is 25.1 Å². The van der Waals surface area contributed by atoms with Crippen LogP contribution in [0, 0.1) is 0 Å². The Hall–Kier alpha value is -1.06. The maximum absolute atomic E-state index is 11.3. The van der Waals surface area contributed by atoms with Gasteiger partial charge in [0.05, 0.1) is 23.8 Å². The number of hydrogen-bond donors (Lipinski definition) is 1. The molecule has 1 rings (SSSR count). The highest BCUT2D eigenvalue weighted by atomic mass is 35.5. The third-order valence-corrected chi connectivity index (χ3v) is 2.02. The quantitative estimate of drug-likeness (QED) is 0.783. The van der Waals surface area contributed by atoms with Crippen LogP contribution in [0.15, 0.2) is 18.2 Å². The van der Waals surface area contributed by atoms with Crippen molar-refractivity contribution in [1.82, 2.24) is 0 Å². The van der Waals surface area contributed by atoms with Gasteiger partial charge in [0, 0.05) is 0 Å². The maximum atomic E-state index is 11.3. The van der Waals surface area contributed by atoms with E-state index in [1.165, 1.54) is 0 Å². The summed E-state index contributed by atoms with van der Waals surface area (Å²) < 4.78 is 4.80. The SMILES string of the molecule is CCOC(=O)c1ccc(CO)cc1Cl. The Kier molecular flexibility index (Phi) is 3.92. The van der Waals surface area contributed by atoms with Crippen LogP contribution in [0.1, 0.15) is 22.8 Å². The van der Waals surface area contributed by atoms with Gasteiger partial charge in [-0.3, -0.25) is 0 Å². The average molecular weight is 215 g/mol. The maximum Gasteiger partial charge on any atom is 0.339 e. The summed E-state index contributed by atoms with van der Waals surface area (Å²) in [6.07, 6.45) is 0. The number of benzene rings is 1. The van der Waals surface area contributed by atoms with Gasteiger partial charge in [-0.15, -0.1) is 0 Å². The largest absolute Gasteiger partial charge is 0.462 e. The first-order chi connectivity index (χ1) is 6.69. The molecule has 0 saturated carbocycles. The lowest BCUT2D eigenvalue weighted by Gasteiger charge is -2.04. The van der Waals surface area contributed by atoms with Crippen molar-refractivity contribution in [2.75, 3.05) is 6.61 Å². The van der Waals surface area contributed by atoms with Crippen molar-refractivity contribution >= 4 is 17.6 Å². The van der Waals surface area contributed by atoms with E-state index in [0.717, 1.165) is 0 Å². The molecule has 76 valence electrons. The number of carbonyl (C=O) groups excluding carboxylic acids is 1. The zero-order valence-electron chi connectivity index (χ0n) is 7.79. The lowest BCUT2D eigenvalue weighted by molar-refractivity contribution is 0.0526. The zero-order valence-corrected chi connectivity index (χ0v) is 8.54. The van der Waals surface area contributed by atoms with Crippen LogP contribution in [0.2, 0.25) is 5.02 Å². The van der Waals surface area contributed by atoms with Gasteiger partial charge in [0.15, 0.2) is 0 Å². The predicted molar refractivity (Wildman–Crippen MR) is 53.3 cm³/mol. The smallest absolute Gasteiger partial charge is 0.339 e. The summed E-state index contributed by atoms with van der Waals surface area (Å²) in [4.78, 5) is 11.3. The number of carbonyl (C=O) groups is 1. The van der Waals surface area contributed by atoms with Gasteiger partial charge in [-0.25, -0.2) is 4.79 Å². The number of aliphatic hydroxyl groups is 1. The number of halogens is 1. The third kappa shape index (κ3) is 2.47. The van der Waals surface area contributed by atoms with Gasteiger partial charge in [0.2, 0.25) is 0 Å². The number of esters is 1. The van der Waals surface area contributed by atoms with Crippen LogP contribution in [0.5, 0.6) is 0 Å². The molecule has 0 aliphatic carbocycles. The Morgan fingerprint density at radius 1 is 1.57 bits per heavy atom. The van der Waals surface area contributed by atoms with Crippen LogP contribution in [0.3, 0.4) is 0 Å². The minimum absolute atomic E-state index is 0.0944. The molecule has 14 heavy (non-hydrogen) atoms. The van der Waals surface area contributed by atoms with Crippen molar-refractivity contribution < 1.29 is 14.6 Å². The second kappa shape index (κ2) is 4.98. The summed E-state index contributed by atoms with van der Waals surface area (Å²) in [5.74, 6) is -0.443. The first-order valence-corrected chi connectivity index (χ1v) is 4.63. The first kappa shape index (κ1) is 11.0. The molecule has 0 heterocycles. The Labute approximate surface area is 87.3 Å². The third-order valence-electron chi connectivity index (χ3n) is 1.71. The summed E-state index contributed by atoms with van der Waals surface area (Å²) in [5, 5.41) is 9.12. The molecule has 0 amide bonds. The molecule has 3 nitrogen and oxygen atoms in total. The van der Waals surface area contributed by atoms with E-state index in [2.05, 4.69) is 0 Å². The molecule has 0 aromatic heterocycles. The van der Waals surface area contributed by atoms with Gasteiger partial charge in [0.25, 0.3) is 0 Å². The van der Waals surface area contributed by atoms with E-state index in [-0.39, 0.29) is 6.61 Å². The Bertz CT molecular complexity index is 336. The molecule has 0 spiro atoms. The minimum Gasteiger partial charge on any atom is -0.462 e. The summed E-state index contributed by atoms with van der Waals surface area (Å²) in [5.41, 5.74) is 0.994. The molecule has 1 N–H and O–H groups in total. The van der Waals surface area contributed by atoms with E-state index in [1.807, 2.05) is 0 Å². The van der Waals surface area contributed by atoms with Gasteiger partial charge in [0.1, 0.15) is 0 Å². The molecule has 0 atom stereocenters. The van der Waals surface area contributed by atoms with E-state index in [4.69, 9.17) is 21.4 Å². The standard InChI is InChI=1S/C10H11ClO3/c1-2-14-10(13)8-4-3-7(6-12)5-9(8)11/h3-5,12H,2,6H2,1H3. The van der Waals surface area contributed by atoms with Gasteiger partial charge in [-0.05, 0) is 24.6 Å². The average Bonchev–Trinajstić information content (AvgIpc) is 2.17. The van der Waals surface area contributed by atoms with E-state index in [0.29, 0.717) is 22.8 Å². The predicted octanol–water partition coefficient (Wildman–Crippen LogP) is 2.01. The fraction of sp³-hybridized carbons (Fsp3) is 0.300. The van der Waals surface area contributed by atoms with Crippen molar-refractivity contribution in [2.24, 2.45) is 0 Å². The fourth-order valence-corrected chi connectivity index (χ4v) is 1.31. The van der Waals surface area contributed by atoms with Crippen LogP contribution in [-0.2, 0) is 11.3 Å². The van der Waals surface area contributed by atoms with Gasteiger partial charge in [-0.2, -0.15) is 0 Å². The zero-order chi connectivity index (χ0) is 10.6. The minimum atomic E-state index is -0.443. The van der Waals surface area contributed by atoms with Gasteiger partial charge in [-0.1, -0.05) is 17.7 Å². The van der Waals surface area contributed by atoms with E-state index >= 15 is 0 Å². The second-order valence-electron chi connectivity index (χ2n) is 2.69. The summed E-state index contributed by atoms with van der Waals surface area (Å²) in [6, 6.07) is 4.73. The highest BCUT2D eigenvalue weighted by Gasteiger charge is 2.10. The van der Waals surface area contributed by atoms with Crippen LogP contribution in [0.4, 0.5) is 0 Å². The lowest BCUT2D eigenvalue weighted by Crippen LogP contribution is -2.05. The second-order valence-corrected chi connectivity index (χ2v) is 3.10. The van der Waals surface area contributed by atoms with Gasteiger partial charge >= 0.3 is 5.97 Å². The lowest BCUT2D eigenvalue weighted by atomic mass is 10.1. The number of rotatable bonds is 3. The molecule has 4 heteroatoms. The molecule has 0 fully saturated rings. The van der Waals surface area contributed by atoms with Crippen LogP contribution < -0.4 is 0 Å². The van der Waals surface area contributed by atoms with Crippen molar-refractivity contribution in [3.63, 3.8) is 0 Å². The Morgan fingerprint density at radius 3 is 2.79 bits per heavy atom. The molecule has 0 aliphatic rings. The highest BCUT2D eigenvalue weighted by Crippen LogP contribution is 2.18. The normalized spacial score (nSPS) is 9.93. The molecule has 1 aromatic rings. The molecule has 0 radical (unpaired) electrons. The molecule has 1 aromatic carbocycles. The van der Waals surface area contributed by atoms with E-state index in [9.17, 15) is 4.79 Å². The fourth-order valence-electron chi connectivity index (χ4n) is 1.03.